The normalized spacial score (nSPS) is 16.7. The maximum atomic E-state index is 12.8. The molecule has 0 radical (unpaired) electrons. The van der Waals surface area contributed by atoms with Crippen LogP contribution in [0.5, 0.6) is 0 Å². The van der Waals surface area contributed by atoms with Crippen LogP contribution in [0.25, 0.3) is 11.0 Å². The second-order valence-electron chi connectivity index (χ2n) is 6.78. The van der Waals surface area contributed by atoms with E-state index >= 15 is 0 Å². The average Bonchev–Trinajstić information content (AvgIpc) is 3.30. The molecule has 6 heteroatoms. The Labute approximate surface area is 157 Å². The molecule has 0 saturated carbocycles. The lowest BCUT2D eigenvalue weighted by Gasteiger charge is -2.18. The number of carbonyl (C=O) groups is 2. The minimum absolute atomic E-state index is 0.0176. The largest absolute Gasteiger partial charge is 0.465 e. The quantitative estimate of drug-likeness (QED) is 0.670. The molecule has 0 bridgehead atoms. The average molecular weight is 363 g/mol. The zero-order valence-electron chi connectivity index (χ0n) is 15.4. The number of fused-ring (bicyclic) bond motifs is 1. The summed E-state index contributed by atoms with van der Waals surface area (Å²) < 4.78 is 6.93. The Morgan fingerprint density at radius 1 is 1.07 bits per heavy atom. The van der Waals surface area contributed by atoms with E-state index in [1.54, 1.807) is 24.3 Å². The molecule has 1 saturated heterocycles. The minimum Gasteiger partial charge on any atom is -0.465 e. The summed E-state index contributed by atoms with van der Waals surface area (Å²) in [4.78, 5) is 30.9. The van der Waals surface area contributed by atoms with Crippen molar-refractivity contribution in [3.8, 4) is 0 Å². The number of aryl methyl sites for hydroxylation is 1. The Kier molecular flexibility index (Phi) is 4.39. The maximum absolute atomic E-state index is 12.8. The van der Waals surface area contributed by atoms with Crippen LogP contribution < -0.4 is 0 Å². The Hall–Kier alpha value is -3.15. The summed E-state index contributed by atoms with van der Waals surface area (Å²) in [5, 5.41) is 0. The monoisotopic (exact) mass is 363 g/mol. The van der Waals surface area contributed by atoms with Crippen molar-refractivity contribution < 1.29 is 14.3 Å². The van der Waals surface area contributed by atoms with Crippen LogP contribution in [-0.2, 0) is 4.74 Å². The lowest BCUT2D eigenvalue weighted by Crippen LogP contribution is -2.29. The Balaban J connectivity index is 1.53. The number of methoxy groups -OCH3 is 1. The van der Waals surface area contributed by atoms with Gasteiger partial charge in [0.1, 0.15) is 5.82 Å². The van der Waals surface area contributed by atoms with Crippen LogP contribution >= 0.6 is 0 Å². The van der Waals surface area contributed by atoms with Gasteiger partial charge in [-0.15, -0.1) is 0 Å². The van der Waals surface area contributed by atoms with Gasteiger partial charge < -0.3 is 14.2 Å². The first-order valence-electron chi connectivity index (χ1n) is 8.99. The molecule has 1 aromatic heterocycles. The van der Waals surface area contributed by atoms with Gasteiger partial charge >= 0.3 is 5.97 Å². The van der Waals surface area contributed by atoms with Crippen molar-refractivity contribution in [1.82, 2.24) is 14.5 Å². The third kappa shape index (κ3) is 3.07. The van der Waals surface area contributed by atoms with E-state index in [-0.39, 0.29) is 11.9 Å². The lowest BCUT2D eigenvalue weighted by molar-refractivity contribution is 0.0600. The van der Waals surface area contributed by atoms with Gasteiger partial charge in [0, 0.05) is 18.7 Å². The predicted molar refractivity (Wildman–Crippen MR) is 102 cm³/mol. The molecule has 4 rings (SSSR count). The van der Waals surface area contributed by atoms with Crippen LogP contribution in [0.15, 0.2) is 48.5 Å². The third-order valence-electron chi connectivity index (χ3n) is 5.14. The van der Waals surface area contributed by atoms with E-state index in [1.807, 2.05) is 30.0 Å². The highest BCUT2D eigenvalue weighted by atomic mass is 16.5. The van der Waals surface area contributed by atoms with Crippen LogP contribution in [0, 0.1) is 6.92 Å². The summed E-state index contributed by atoms with van der Waals surface area (Å²) in [6, 6.07) is 14.9. The molecule has 0 aliphatic carbocycles. The van der Waals surface area contributed by atoms with E-state index in [1.165, 1.54) is 7.11 Å². The van der Waals surface area contributed by atoms with Crippen LogP contribution in [0.2, 0.25) is 0 Å². The molecule has 1 amide bonds. The van der Waals surface area contributed by atoms with E-state index in [2.05, 4.69) is 15.6 Å². The molecule has 3 aromatic rings. The molecule has 1 aliphatic rings. The van der Waals surface area contributed by atoms with Crippen molar-refractivity contribution in [3.05, 3.63) is 65.5 Å². The fourth-order valence-corrected chi connectivity index (χ4v) is 3.81. The number of rotatable bonds is 3. The van der Waals surface area contributed by atoms with Gasteiger partial charge in [0.05, 0.1) is 29.7 Å². The van der Waals surface area contributed by atoms with Gasteiger partial charge in [-0.25, -0.2) is 9.78 Å². The summed E-state index contributed by atoms with van der Waals surface area (Å²) >= 11 is 0. The van der Waals surface area contributed by atoms with Crippen molar-refractivity contribution in [3.63, 3.8) is 0 Å². The first-order valence-corrected chi connectivity index (χ1v) is 8.99. The first-order chi connectivity index (χ1) is 13.1. The number of nitrogens with zero attached hydrogens (tertiary/aromatic N) is 3. The lowest BCUT2D eigenvalue weighted by atomic mass is 10.1. The van der Waals surface area contributed by atoms with Crippen molar-refractivity contribution in [2.24, 2.45) is 0 Å². The van der Waals surface area contributed by atoms with Gasteiger partial charge in [0.25, 0.3) is 5.91 Å². The van der Waals surface area contributed by atoms with Crippen molar-refractivity contribution >= 4 is 22.9 Å². The smallest absolute Gasteiger partial charge is 0.337 e. The van der Waals surface area contributed by atoms with Crippen molar-refractivity contribution in [2.75, 3.05) is 20.2 Å². The van der Waals surface area contributed by atoms with E-state index in [9.17, 15) is 9.59 Å². The summed E-state index contributed by atoms with van der Waals surface area (Å²) in [7, 11) is 1.34. The van der Waals surface area contributed by atoms with Crippen LogP contribution in [0.3, 0.4) is 0 Å². The molecule has 2 heterocycles. The van der Waals surface area contributed by atoms with E-state index < -0.39 is 5.97 Å². The number of para-hydroxylation sites is 2. The molecule has 1 atom stereocenters. The number of benzene rings is 2. The number of hydrogen-bond acceptors (Lipinski definition) is 4. The highest BCUT2D eigenvalue weighted by molar-refractivity contribution is 5.96. The molecule has 138 valence electrons. The molecule has 1 aliphatic heterocycles. The van der Waals surface area contributed by atoms with Crippen LogP contribution in [0.1, 0.15) is 39.0 Å². The van der Waals surface area contributed by atoms with E-state index in [4.69, 9.17) is 4.74 Å². The number of amides is 1. The number of imidazole rings is 1. The molecular formula is C21H21N3O3. The fourth-order valence-electron chi connectivity index (χ4n) is 3.81. The van der Waals surface area contributed by atoms with Gasteiger partial charge in [-0.05, 0) is 49.7 Å². The molecule has 0 N–H and O–H groups in total. The number of ether oxygens (including phenoxy) is 1. The van der Waals surface area contributed by atoms with Gasteiger partial charge in [-0.3, -0.25) is 4.79 Å². The number of hydrogen-bond donors (Lipinski definition) is 0. The SMILES string of the molecule is COC(=O)c1ccc(C(=O)N2CC[C@@H](n3c(C)nc4ccccc43)C2)cc1. The molecule has 27 heavy (non-hydrogen) atoms. The number of esters is 1. The fraction of sp³-hybridized carbons (Fsp3) is 0.286. The number of likely N-dealkylation sites (tertiary alicyclic amines) is 1. The van der Waals surface area contributed by atoms with E-state index in [0.717, 1.165) is 23.3 Å². The predicted octanol–water partition coefficient (Wildman–Crippen LogP) is 3.22. The number of aromatic nitrogens is 2. The summed E-state index contributed by atoms with van der Waals surface area (Å²) in [6.45, 7) is 3.36. The Morgan fingerprint density at radius 2 is 1.78 bits per heavy atom. The topological polar surface area (TPSA) is 64.4 Å². The number of carbonyl (C=O) groups excluding carboxylic acids is 2. The third-order valence-corrected chi connectivity index (χ3v) is 5.14. The van der Waals surface area contributed by atoms with Crippen molar-refractivity contribution in [1.29, 1.82) is 0 Å². The van der Waals surface area contributed by atoms with Gasteiger partial charge in [0.2, 0.25) is 0 Å². The summed E-state index contributed by atoms with van der Waals surface area (Å²) in [5.41, 5.74) is 3.11. The highest BCUT2D eigenvalue weighted by Crippen LogP contribution is 2.28. The summed E-state index contributed by atoms with van der Waals surface area (Å²) in [6.07, 6.45) is 0.896. The first kappa shape index (κ1) is 17.3. The molecule has 0 spiro atoms. The maximum Gasteiger partial charge on any atom is 0.337 e. The van der Waals surface area contributed by atoms with E-state index in [0.29, 0.717) is 24.2 Å². The standard InChI is InChI=1S/C21H21N3O3/c1-14-22-18-5-3-4-6-19(18)24(14)17-11-12-23(13-17)20(25)15-7-9-16(10-8-15)21(26)27-2/h3-10,17H,11-13H2,1-2H3/t17-/m1/s1. The molecule has 0 unspecified atom stereocenters. The van der Waals surface area contributed by atoms with Gasteiger partial charge in [-0.1, -0.05) is 12.1 Å². The zero-order chi connectivity index (χ0) is 19.0. The second-order valence-corrected chi connectivity index (χ2v) is 6.78. The molecule has 1 fully saturated rings. The van der Waals surface area contributed by atoms with Crippen LogP contribution in [-0.4, -0.2) is 46.5 Å². The molecule has 6 nitrogen and oxygen atoms in total. The molecular weight excluding hydrogens is 342 g/mol. The summed E-state index contributed by atoms with van der Waals surface area (Å²) in [5.74, 6) is 0.548. The van der Waals surface area contributed by atoms with Crippen LogP contribution in [0.4, 0.5) is 0 Å². The van der Waals surface area contributed by atoms with Crippen molar-refractivity contribution in [2.45, 2.75) is 19.4 Å². The van der Waals surface area contributed by atoms with Gasteiger partial charge in [0.15, 0.2) is 0 Å². The second kappa shape index (κ2) is 6.87. The van der Waals surface area contributed by atoms with Gasteiger partial charge in [-0.2, -0.15) is 0 Å². The highest BCUT2D eigenvalue weighted by Gasteiger charge is 2.29. The Bertz CT molecular complexity index is 1010. The molecule has 2 aromatic carbocycles. The minimum atomic E-state index is -0.405. The Morgan fingerprint density at radius 3 is 2.52 bits per heavy atom. The zero-order valence-corrected chi connectivity index (χ0v) is 15.4.